The molecule has 1 aromatic heterocycles. The maximum Gasteiger partial charge on any atom is 0.231 e. The van der Waals surface area contributed by atoms with E-state index in [-0.39, 0.29) is 11.2 Å². The molecule has 1 aliphatic rings. The van der Waals surface area contributed by atoms with E-state index < -0.39 is 0 Å². The quantitative estimate of drug-likeness (QED) is 0.865. The summed E-state index contributed by atoms with van der Waals surface area (Å²) in [6.07, 6.45) is 2.11. The van der Waals surface area contributed by atoms with Crippen LogP contribution in [-0.4, -0.2) is 52.6 Å². The van der Waals surface area contributed by atoms with Gasteiger partial charge in [-0.15, -0.1) is 0 Å². The van der Waals surface area contributed by atoms with Gasteiger partial charge in [0.25, 0.3) is 0 Å². The topological polar surface area (TPSA) is 71.2 Å². The standard InChI is InChI=1S/C11H19ClN6/c1-3-8-7-17(2)5-4-6-18(8)11-15-9(12)14-10(13)16-11/h8H,3-7H2,1-2H3,(H2,13,14,15,16). The molecule has 0 radical (unpaired) electrons. The molecule has 0 saturated carbocycles. The first-order chi connectivity index (χ1) is 8.60. The molecule has 2 heterocycles. The number of hydrogen-bond acceptors (Lipinski definition) is 6. The predicted octanol–water partition coefficient (Wildman–Crippen LogP) is 1.03. The second-order valence-corrected chi connectivity index (χ2v) is 4.97. The lowest BCUT2D eigenvalue weighted by Crippen LogP contribution is -2.41. The summed E-state index contributed by atoms with van der Waals surface area (Å²) >= 11 is 5.85. The fourth-order valence-corrected chi connectivity index (χ4v) is 2.50. The van der Waals surface area contributed by atoms with Crippen LogP contribution < -0.4 is 10.6 Å². The molecular formula is C11H19ClN6. The van der Waals surface area contributed by atoms with Gasteiger partial charge in [-0.3, -0.25) is 0 Å². The summed E-state index contributed by atoms with van der Waals surface area (Å²) in [7, 11) is 2.14. The van der Waals surface area contributed by atoms with Crippen LogP contribution in [0.3, 0.4) is 0 Å². The SMILES string of the molecule is CCC1CN(C)CCCN1c1nc(N)nc(Cl)n1. The molecule has 1 fully saturated rings. The number of halogens is 1. The lowest BCUT2D eigenvalue weighted by molar-refractivity contribution is 0.327. The van der Waals surface area contributed by atoms with Crippen molar-refractivity contribution in [1.82, 2.24) is 19.9 Å². The van der Waals surface area contributed by atoms with E-state index in [0.717, 1.165) is 32.5 Å². The fourth-order valence-electron chi connectivity index (χ4n) is 2.34. The minimum Gasteiger partial charge on any atom is -0.368 e. The molecule has 2 N–H and O–H groups in total. The molecule has 0 spiro atoms. The number of likely N-dealkylation sites (N-methyl/N-ethyl adjacent to an activating group) is 1. The molecule has 1 saturated heterocycles. The van der Waals surface area contributed by atoms with Crippen LogP contribution in [0.1, 0.15) is 19.8 Å². The normalized spacial score (nSPS) is 21.9. The van der Waals surface area contributed by atoms with Crippen LogP contribution in [0.25, 0.3) is 0 Å². The summed E-state index contributed by atoms with van der Waals surface area (Å²) < 4.78 is 0. The third-order valence-electron chi connectivity index (χ3n) is 3.24. The highest BCUT2D eigenvalue weighted by atomic mass is 35.5. The molecule has 100 valence electrons. The molecule has 0 bridgehead atoms. The zero-order valence-electron chi connectivity index (χ0n) is 10.8. The molecule has 18 heavy (non-hydrogen) atoms. The van der Waals surface area contributed by atoms with Crippen molar-refractivity contribution in [3.63, 3.8) is 0 Å². The molecule has 1 aliphatic heterocycles. The van der Waals surface area contributed by atoms with Crippen molar-refractivity contribution in [2.75, 3.05) is 37.3 Å². The number of rotatable bonds is 2. The lowest BCUT2D eigenvalue weighted by atomic mass is 10.2. The van der Waals surface area contributed by atoms with E-state index in [9.17, 15) is 0 Å². The summed E-state index contributed by atoms with van der Waals surface area (Å²) in [6.45, 7) is 5.17. The second kappa shape index (κ2) is 5.67. The summed E-state index contributed by atoms with van der Waals surface area (Å²) in [6, 6.07) is 0.385. The van der Waals surface area contributed by atoms with Gasteiger partial charge in [0.15, 0.2) is 0 Å². The van der Waals surface area contributed by atoms with E-state index in [1.54, 1.807) is 0 Å². The van der Waals surface area contributed by atoms with E-state index in [4.69, 9.17) is 17.3 Å². The monoisotopic (exact) mass is 270 g/mol. The van der Waals surface area contributed by atoms with Gasteiger partial charge in [0.1, 0.15) is 0 Å². The van der Waals surface area contributed by atoms with E-state index in [0.29, 0.717) is 12.0 Å². The van der Waals surface area contributed by atoms with Crippen molar-refractivity contribution < 1.29 is 0 Å². The Bertz CT molecular complexity index is 392. The minimum atomic E-state index is 0.157. The Morgan fingerprint density at radius 3 is 2.78 bits per heavy atom. The number of hydrogen-bond donors (Lipinski definition) is 1. The maximum atomic E-state index is 5.85. The molecule has 7 heteroatoms. The molecule has 1 atom stereocenters. The smallest absolute Gasteiger partial charge is 0.231 e. The lowest BCUT2D eigenvalue weighted by Gasteiger charge is -2.30. The summed E-state index contributed by atoms with van der Waals surface area (Å²) in [5.41, 5.74) is 5.64. The molecule has 1 aromatic rings. The first-order valence-corrected chi connectivity index (χ1v) is 6.60. The number of nitrogens with two attached hydrogens (primary N) is 1. The van der Waals surface area contributed by atoms with E-state index in [1.165, 1.54) is 0 Å². The minimum absolute atomic E-state index is 0.157. The van der Waals surface area contributed by atoms with Gasteiger partial charge in [0.05, 0.1) is 0 Å². The average molecular weight is 271 g/mol. The van der Waals surface area contributed by atoms with Crippen LogP contribution in [0.15, 0.2) is 0 Å². The highest BCUT2D eigenvalue weighted by Gasteiger charge is 2.24. The van der Waals surface area contributed by atoms with Crippen LogP contribution in [0.4, 0.5) is 11.9 Å². The molecule has 6 nitrogen and oxygen atoms in total. The van der Waals surface area contributed by atoms with Crippen LogP contribution in [0.5, 0.6) is 0 Å². The van der Waals surface area contributed by atoms with Gasteiger partial charge >= 0.3 is 0 Å². The van der Waals surface area contributed by atoms with Gasteiger partial charge in [0, 0.05) is 19.1 Å². The molecule has 0 aliphatic carbocycles. The van der Waals surface area contributed by atoms with Gasteiger partial charge in [-0.2, -0.15) is 15.0 Å². The number of nitrogens with zero attached hydrogens (tertiary/aromatic N) is 5. The van der Waals surface area contributed by atoms with Crippen LogP contribution in [-0.2, 0) is 0 Å². The average Bonchev–Trinajstić information content (AvgIpc) is 2.49. The molecule has 0 amide bonds. The third-order valence-corrected chi connectivity index (χ3v) is 3.41. The number of aromatic nitrogens is 3. The largest absolute Gasteiger partial charge is 0.368 e. The number of anilines is 2. The van der Waals surface area contributed by atoms with Crippen LogP contribution in [0, 0.1) is 0 Å². The Morgan fingerprint density at radius 2 is 2.11 bits per heavy atom. The Kier molecular flexibility index (Phi) is 4.19. The van der Waals surface area contributed by atoms with Gasteiger partial charge in [0.2, 0.25) is 17.2 Å². The van der Waals surface area contributed by atoms with E-state index >= 15 is 0 Å². The van der Waals surface area contributed by atoms with Crippen molar-refractivity contribution in [3.05, 3.63) is 5.28 Å². The Morgan fingerprint density at radius 1 is 1.33 bits per heavy atom. The molecule has 0 aromatic carbocycles. The first-order valence-electron chi connectivity index (χ1n) is 6.22. The van der Waals surface area contributed by atoms with Crippen molar-refractivity contribution in [1.29, 1.82) is 0 Å². The Labute approximate surface area is 112 Å². The van der Waals surface area contributed by atoms with E-state index in [2.05, 4.69) is 38.7 Å². The summed E-state index contributed by atoms with van der Waals surface area (Å²) in [4.78, 5) is 16.7. The second-order valence-electron chi connectivity index (χ2n) is 4.63. The van der Waals surface area contributed by atoms with Crippen molar-refractivity contribution >= 4 is 23.5 Å². The highest BCUT2D eigenvalue weighted by molar-refractivity contribution is 6.28. The van der Waals surface area contributed by atoms with Gasteiger partial charge in [-0.25, -0.2) is 0 Å². The molecular weight excluding hydrogens is 252 g/mol. The Hall–Kier alpha value is -1.14. The third kappa shape index (κ3) is 3.00. The zero-order valence-corrected chi connectivity index (χ0v) is 11.6. The van der Waals surface area contributed by atoms with Crippen molar-refractivity contribution in [2.24, 2.45) is 0 Å². The van der Waals surface area contributed by atoms with Gasteiger partial charge in [-0.05, 0) is 38.0 Å². The summed E-state index contributed by atoms with van der Waals surface area (Å²) in [5.74, 6) is 0.770. The zero-order chi connectivity index (χ0) is 13.1. The van der Waals surface area contributed by atoms with E-state index in [1.807, 2.05) is 0 Å². The first kappa shape index (κ1) is 13.3. The fraction of sp³-hybridized carbons (Fsp3) is 0.727. The number of nitrogen functional groups attached to an aromatic ring is 1. The van der Waals surface area contributed by atoms with Crippen LogP contribution in [0.2, 0.25) is 5.28 Å². The van der Waals surface area contributed by atoms with Gasteiger partial charge < -0.3 is 15.5 Å². The van der Waals surface area contributed by atoms with Gasteiger partial charge in [-0.1, -0.05) is 6.92 Å². The summed E-state index contributed by atoms with van der Waals surface area (Å²) in [5, 5.41) is 0.157. The maximum absolute atomic E-state index is 5.85. The predicted molar refractivity (Wildman–Crippen MR) is 72.8 cm³/mol. The van der Waals surface area contributed by atoms with Crippen molar-refractivity contribution in [2.45, 2.75) is 25.8 Å². The highest BCUT2D eigenvalue weighted by Crippen LogP contribution is 2.19. The van der Waals surface area contributed by atoms with Crippen molar-refractivity contribution in [3.8, 4) is 0 Å². The van der Waals surface area contributed by atoms with Crippen LogP contribution >= 0.6 is 11.6 Å². The Balaban J connectivity index is 2.28. The molecule has 2 rings (SSSR count). The molecule has 1 unspecified atom stereocenters.